The van der Waals surface area contributed by atoms with Crippen molar-refractivity contribution in [1.82, 2.24) is 9.55 Å². The molecule has 4 heteroatoms. The van der Waals surface area contributed by atoms with Gasteiger partial charge in [0, 0.05) is 18.6 Å². The maximum atomic E-state index is 4.92. The molecule has 193 valence electrons. The molecule has 0 spiro atoms. The summed E-state index contributed by atoms with van der Waals surface area (Å²) >= 11 is 0. The lowest BCUT2D eigenvalue weighted by atomic mass is 9.58. The number of hydrogen-bond acceptors (Lipinski definition) is 1. The Morgan fingerprint density at radius 1 is 0.625 bits per heavy atom. The Balaban J connectivity index is 1.49. The Morgan fingerprint density at radius 2 is 1.12 bits per heavy atom. The highest BCUT2D eigenvalue weighted by Gasteiger charge is 2.40. The molecule has 2 nitrogen and oxygen atoms in total. The molecule has 0 unspecified atom stereocenters. The molecule has 1 heterocycles. The van der Waals surface area contributed by atoms with Gasteiger partial charge >= 0.3 is 0 Å². The molecule has 5 aromatic carbocycles. The van der Waals surface area contributed by atoms with Crippen LogP contribution in [0.15, 0.2) is 158 Å². The number of rotatable bonds is 9. The van der Waals surface area contributed by atoms with E-state index in [9.17, 15) is 0 Å². The van der Waals surface area contributed by atoms with E-state index in [4.69, 9.17) is 4.98 Å². The summed E-state index contributed by atoms with van der Waals surface area (Å²) < 4.78 is 2.38. The third-order valence-electron chi connectivity index (χ3n) is 7.83. The van der Waals surface area contributed by atoms with Crippen LogP contribution in [-0.2, 0) is 6.17 Å². The zero-order valence-electron chi connectivity index (χ0n) is 22.8. The van der Waals surface area contributed by atoms with Gasteiger partial charge in [-0.3, -0.25) is 4.98 Å². The first-order valence-corrected chi connectivity index (χ1v) is 16.1. The smallest absolute Gasteiger partial charge is 0.215 e. The molecular formula is C36H32BN2Si. The summed E-state index contributed by atoms with van der Waals surface area (Å²) in [5.41, 5.74) is 4.80. The van der Waals surface area contributed by atoms with Crippen molar-refractivity contribution in [1.29, 1.82) is 0 Å². The van der Waals surface area contributed by atoms with Crippen LogP contribution in [0, 0.1) is 6.92 Å². The summed E-state index contributed by atoms with van der Waals surface area (Å²) in [6.07, 6.45) is 4.96. The van der Waals surface area contributed by atoms with E-state index in [1.807, 2.05) is 6.20 Å². The van der Waals surface area contributed by atoms with E-state index < -0.39 is 8.07 Å². The highest BCUT2D eigenvalue weighted by molar-refractivity contribution is 7.10. The lowest BCUT2D eigenvalue weighted by molar-refractivity contribution is 0.889. The van der Waals surface area contributed by atoms with Crippen molar-refractivity contribution in [2.75, 3.05) is 0 Å². The zero-order valence-corrected chi connectivity index (χ0v) is 23.8. The van der Waals surface area contributed by atoms with Crippen LogP contribution in [0.2, 0.25) is 0 Å². The van der Waals surface area contributed by atoms with Crippen molar-refractivity contribution >= 4 is 36.6 Å². The first kappa shape index (κ1) is 25.8. The van der Waals surface area contributed by atoms with Gasteiger partial charge in [-0.25, -0.2) is 0 Å². The Bertz CT molecular complexity index is 1570. The van der Waals surface area contributed by atoms with Crippen molar-refractivity contribution in [3.8, 4) is 0 Å². The van der Waals surface area contributed by atoms with Crippen LogP contribution in [0.3, 0.4) is 0 Å². The first-order chi connectivity index (χ1) is 19.7. The molecule has 0 saturated heterocycles. The highest BCUT2D eigenvalue weighted by atomic mass is 28.3. The van der Waals surface area contributed by atoms with Gasteiger partial charge in [-0.1, -0.05) is 151 Å². The zero-order chi connectivity index (χ0) is 27.2. The van der Waals surface area contributed by atoms with Gasteiger partial charge in [0.25, 0.3) is 0 Å². The topological polar surface area (TPSA) is 17.8 Å². The number of benzene rings is 5. The second kappa shape index (κ2) is 11.8. The average molecular weight is 532 g/mol. The van der Waals surface area contributed by atoms with Crippen molar-refractivity contribution in [2.45, 2.75) is 18.9 Å². The average Bonchev–Trinajstić information content (AvgIpc) is 3.46. The molecule has 1 radical (unpaired) electrons. The van der Waals surface area contributed by atoms with E-state index in [-0.39, 0.29) is 5.82 Å². The molecule has 0 aliphatic heterocycles. The van der Waals surface area contributed by atoms with Crippen LogP contribution in [-0.4, -0.2) is 24.9 Å². The second-order valence-corrected chi connectivity index (χ2v) is 14.2. The fraction of sp³-hybridized carbons (Fsp3) is 0.0833. The maximum absolute atomic E-state index is 4.92. The van der Waals surface area contributed by atoms with Crippen molar-refractivity contribution in [3.63, 3.8) is 0 Å². The number of aryl methyl sites for hydroxylation is 1. The van der Waals surface area contributed by atoms with E-state index in [0.29, 0.717) is 0 Å². The molecule has 0 aliphatic carbocycles. The fourth-order valence-electron chi connectivity index (χ4n) is 5.85. The van der Waals surface area contributed by atoms with E-state index in [1.54, 1.807) is 0 Å². The normalized spacial score (nSPS) is 11.4. The van der Waals surface area contributed by atoms with Gasteiger partial charge in [0.2, 0.25) is 7.28 Å². The number of imidazole rings is 1. The van der Waals surface area contributed by atoms with Crippen LogP contribution < -0.4 is 21.3 Å². The molecule has 40 heavy (non-hydrogen) atoms. The molecule has 0 bridgehead atoms. The molecule has 0 atom stereocenters. The van der Waals surface area contributed by atoms with Gasteiger partial charge < -0.3 is 4.57 Å². The second-order valence-electron chi connectivity index (χ2n) is 10.4. The van der Waals surface area contributed by atoms with Crippen LogP contribution in [0.25, 0.3) is 0 Å². The van der Waals surface area contributed by atoms with Gasteiger partial charge in [-0.2, -0.15) is 0 Å². The predicted octanol–water partition coefficient (Wildman–Crippen LogP) is 5.02. The summed E-state index contributed by atoms with van der Waals surface area (Å²) in [6, 6.07) is 52.8. The monoisotopic (exact) mass is 531 g/mol. The highest BCUT2D eigenvalue weighted by Crippen LogP contribution is 2.23. The summed E-state index contributed by atoms with van der Waals surface area (Å²) in [7, 11) is -0.168. The Labute approximate surface area is 239 Å². The quantitative estimate of drug-likeness (QED) is 0.189. The van der Waals surface area contributed by atoms with Gasteiger partial charge in [0.1, 0.15) is 0 Å². The van der Waals surface area contributed by atoms with E-state index in [0.717, 1.165) is 11.9 Å². The molecule has 0 saturated carbocycles. The van der Waals surface area contributed by atoms with Crippen LogP contribution >= 0.6 is 0 Å². The lowest BCUT2D eigenvalue weighted by Crippen LogP contribution is -2.70. The van der Waals surface area contributed by atoms with E-state index >= 15 is 0 Å². The predicted molar refractivity (Wildman–Crippen MR) is 171 cm³/mol. The van der Waals surface area contributed by atoms with Crippen LogP contribution in [0.4, 0.5) is 0 Å². The molecule has 0 fully saturated rings. The SMILES string of the molecule is Cc1cccc([Si](Cn2ccnc2[B]C(c2ccccc2)c2ccccc2)(c2ccccc2)c2ccccc2)c1. The summed E-state index contributed by atoms with van der Waals surface area (Å²) in [5.74, 6) is 0.104. The Kier molecular flexibility index (Phi) is 7.60. The Hall–Kier alpha value is -4.41. The third-order valence-corrected chi connectivity index (χ3v) is 12.6. The molecule has 0 N–H and O–H groups in total. The Morgan fingerprint density at radius 3 is 1.65 bits per heavy atom. The van der Waals surface area contributed by atoms with Gasteiger partial charge in [0.15, 0.2) is 8.07 Å². The van der Waals surface area contributed by atoms with Gasteiger partial charge in [0.05, 0.1) is 5.72 Å². The molecule has 1 aromatic heterocycles. The first-order valence-electron chi connectivity index (χ1n) is 13.9. The summed E-state index contributed by atoms with van der Waals surface area (Å²) in [6.45, 7) is 2.19. The summed E-state index contributed by atoms with van der Waals surface area (Å²) in [5, 5.41) is 4.20. The molecule has 0 aliphatic rings. The van der Waals surface area contributed by atoms with Crippen molar-refractivity contribution < 1.29 is 0 Å². The van der Waals surface area contributed by atoms with Crippen molar-refractivity contribution in [3.05, 3.63) is 175 Å². The van der Waals surface area contributed by atoms with Crippen LogP contribution in [0.1, 0.15) is 22.5 Å². The number of hydrogen-bond donors (Lipinski definition) is 0. The molecule has 0 amide bonds. The minimum atomic E-state index is -2.50. The minimum Gasteiger partial charge on any atom is -0.345 e. The molecular weight excluding hydrogens is 499 g/mol. The van der Waals surface area contributed by atoms with Crippen LogP contribution in [0.5, 0.6) is 0 Å². The van der Waals surface area contributed by atoms with E-state index in [1.165, 1.54) is 32.3 Å². The fourth-order valence-corrected chi connectivity index (χ4v) is 10.6. The number of nitrogens with zero attached hydrogens (tertiary/aromatic N) is 2. The van der Waals surface area contributed by atoms with Gasteiger partial charge in [-0.05, 0) is 39.4 Å². The standard InChI is InChI=1S/C36H32BN2Si/c1-29-15-14-24-34(27-29)40(32-20-10-4-11-21-32,33-22-12-5-13-23-33)28-39-26-25-38-36(39)37-35(30-16-6-2-7-17-30)31-18-8-3-9-19-31/h2-27,35H,28H2,1H3. The lowest BCUT2D eigenvalue weighted by Gasteiger charge is -2.35. The maximum Gasteiger partial charge on any atom is 0.215 e. The van der Waals surface area contributed by atoms with Gasteiger partial charge in [-0.15, -0.1) is 0 Å². The van der Waals surface area contributed by atoms with E-state index in [2.05, 4.69) is 171 Å². The molecule has 6 rings (SSSR count). The number of aromatic nitrogens is 2. The molecule has 6 aromatic rings. The summed E-state index contributed by atoms with van der Waals surface area (Å²) in [4.78, 5) is 4.92. The largest absolute Gasteiger partial charge is 0.345 e. The minimum absolute atomic E-state index is 0.104. The van der Waals surface area contributed by atoms with Crippen molar-refractivity contribution in [2.24, 2.45) is 0 Å². The third kappa shape index (κ3) is 5.23.